The maximum Gasteiger partial charge on any atom is 0.313 e. The van der Waals surface area contributed by atoms with Crippen molar-refractivity contribution in [3.05, 3.63) is 0 Å². The number of Topliss-reactive ketones (excluding diaryl/α,β-unsaturated/α-hetero) is 1. The molecule has 0 unspecified atom stereocenters. The number of carbonyl (C=O) groups is 2. The number of hydrogen-bond acceptors (Lipinski definition) is 4. The normalized spacial score (nSPS) is 9.86. The predicted octanol–water partition coefficient (Wildman–Crippen LogP) is 1.33. The summed E-state index contributed by atoms with van der Waals surface area (Å²) in [4.78, 5) is 22.0. The van der Waals surface area contributed by atoms with E-state index in [1.807, 2.05) is 6.92 Å². The minimum atomic E-state index is -0.455. The van der Waals surface area contributed by atoms with Crippen LogP contribution in [0.3, 0.4) is 0 Å². The quantitative estimate of drug-likeness (QED) is 0.338. The summed E-state index contributed by atoms with van der Waals surface area (Å²) in [5.41, 5.74) is 0. The molecule has 0 aliphatic heterocycles. The first-order valence-electron chi connectivity index (χ1n) is 4.95. The van der Waals surface area contributed by atoms with Crippen molar-refractivity contribution in [1.82, 2.24) is 0 Å². The van der Waals surface area contributed by atoms with Gasteiger partial charge in [-0.15, -0.1) is 0 Å². The molecule has 0 saturated heterocycles. The third-order valence-corrected chi connectivity index (χ3v) is 1.57. The molecular formula is C10H18O4. The molecule has 0 aromatic rings. The Morgan fingerprint density at radius 1 is 1.21 bits per heavy atom. The fourth-order valence-electron chi connectivity index (χ4n) is 0.809. The van der Waals surface area contributed by atoms with Crippen molar-refractivity contribution in [2.24, 2.45) is 0 Å². The summed E-state index contributed by atoms with van der Waals surface area (Å²) in [6, 6.07) is 0. The van der Waals surface area contributed by atoms with E-state index in [9.17, 15) is 9.59 Å². The molecule has 0 saturated carbocycles. The standard InChI is InChI=1S/C10H18O4/c1-3-5-6-14-10(12)7-9(11)8-13-4-2/h3-8H2,1-2H3. The highest BCUT2D eigenvalue weighted by Crippen LogP contribution is 1.93. The Morgan fingerprint density at radius 3 is 2.50 bits per heavy atom. The Morgan fingerprint density at radius 2 is 1.93 bits per heavy atom. The highest BCUT2D eigenvalue weighted by atomic mass is 16.5. The lowest BCUT2D eigenvalue weighted by molar-refractivity contribution is -0.147. The SMILES string of the molecule is CCCCOC(=O)CC(=O)COCC. The summed E-state index contributed by atoms with van der Waals surface area (Å²) >= 11 is 0. The van der Waals surface area contributed by atoms with Crippen LogP contribution in [0, 0.1) is 0 Å². The number of unbranched alkanes of at least 4 members (excludes halogenated alkanes) is 1. The van der Waals surface area contributed by atoms with Gasteiger partial charge in [-0.1, -0.05) is 13.3 Å². The van der Waals surface area contributed by atoms with E-state index in [1.165, 1.54) is 0 Å². The van der Waals surface area contributed by atoms with Crippen molar-refractivity contribution >= 4 is 11.8 Å². The topological polar surface area (TPSA) is 52.6 Å². The van der Waals surface area contributed by atoms with Crippen LogP contribution in [0.1, 0.15) is 33.1 Å². The van der Waals surface area contributed by atoms with Crippen LogP contribution in [-0.4, -0.2) is 31.6 Å². The second-order valence-electron chi connectivity index (χ2n) is 2.93. The monoisotopic (exact) mass is 202 g/mol. The fraction of sp³-hybridized carbons (Fsp3) is 0.800. The minimum absolute atomic E-state index is 0.000617. The van der Waals surface area contributed by atoms with E-state index in [2.05, 4.69) is 0 Å². The van der Waals surface area contributed by atoms with Crippen molar-refractivity contribution < 1.29 is 19.1 Å². The highest BCUT2D eigenvalue weighted by Gasteiger charge is 2.09. The Hall–Kier alpha value is -0.900. The predicted molar refractivity (Wildman–Crippen MR) is 52.0 cm³/mol. The smallest absolute Gasteiger partial charge is 0.313 e. The van der Waals surface area contributed by atoms with Crippen LogP contribution in [0.15, 0.2) is 0 Å². The lowest BCUT2D eigenvalue weighted by Gasteiger charge is -2.03. The number of ketones is 1. The Labute approximate surface area is 84.6 Å². The van der Waals surface area contributed by atoms with Crippen LogP contribution < -0.4 is 0 Å². The van der Waals surface area contributed by atoms with Gasteiger partial charge in [0.05, 0.1) is 6.61 Å². The van der Waals surface area contributed by atoms with Gasteiger partial charge in [0.2, 0.25) is 0 Å². The molecule has 0 N–H and O–H groups in total. The zero-order chi connectivity index (χ0) is 10.8. The molecule has 4 heteroatoms. The van der Waals surface area contributed by atoms with Gasteiger partial charge in [-0.25, -0.2) is 0 Å². The van der Waals surface area contributed by atoms with Crippen molar-refractivity contribution in [3.8, 4) is 0 Å². The van der Waals surface area contributed by atoms with Gasteiger partial charge in [0.25, 0.3) is 0 Å². The van der Waals surface area contributed by atoms with E-state index < -0.39 is 5.97 Å². The first-order valence-corrected chi connectivity index (χ1v) is 4.95. The summed E-state index contributed by atoms with van der Waals surface area (Å²) in [6.45, 7) is 4.69. The number of carbonyl (C=O) groups excluding carboxylic acids is 2. The van der Waals surface area contributed by atoms with Gasteiger partial charge in [0.1, 0.15) is 13.0 Å². The second kappa shape index (κ2) is 8.69. The number of hydrogen-bond donors (Lipinski definition) is 0. The van der Waals surface area contributed by atoms with Crippen molar-refractivity contribution in [2.45, 2.75) is 33.1 Å². The van der Waals surface area contributed by atoms with Gasteiger partial charge in [-0.2, -0.15) is 0 Å². The van der Waals surface area contributed by atoms with Gasteiger partial charge >= 0.3 is 5.97 Å². The molecule has 0 aromatic heterocycles. The van der Waals surface area contributed by atoms with E-state index >= 15 is 0 Å². The molecule has 0 radical (unpaired) electrons. The molecule has 0 bridgehead atoms. The summed E-state index contributed by atoms with van der Waals surface area (Å²) in [6.07, 6.45) is 1.63. The molecule has 0 spiro atoms. The van der Waals surface area contributed by atoms with Crippen LogP contribution in [0.5, 0.6) is 0 Å². The third kappa shape index (κ3) is 7.73. The van der Waals surface area contributed by atoms with E-state index in [4.69, 9.17) is 9.47 Å². The lowest BCUT2D eigenvalue weighted by Crippen LogP contribution is -2.16. The van der Waals surface area contributed by atoms with Crippen LogP contribution in [-0.2, 0) is 19.1 Å². The molecule has 0 aromatic carbocycles. The molecule has 4 nitrogen and oxygen atoms in total. The summed E-state index contributed by atoms with van der Waals surface area (Å²) in [7, 11) is 0. The first-order chi connectivity index (χ1) is 6.70. The van der Waals surface area contributed by atoms with Gasteiger partial charge in [-0.05, 0) is 13.3 Å². The van der Waals surface area contributed by atoms with Crippen LogP contribution in [0.25, 0.3) is 0 Å². The summed E-state index contributed by atoms with van der Waals surface area (Å²) in [5, 5.41) is 0. The molecule has 0 rings (SSSR count). The van der Waals surface area contributed by atoms with Gasteiger partial charge in [0.15, 0.2) is 5.78 Å². The molecule has 14 heavy (non-hydrogen) atoms. The van der Waals surface area contributed by atoms with Gasteiger partial charge in [-0.3, -0.25) is 9.59 Å². The molecule has 82 valence electrons. The van der Waals surface area contributed by atoms with Gasteiger partial charge in [0, 0.05) is 6.61 Å². The molecule has 0 atom stereocenters. The number of rotatable bonds is 8. The molecule has 0 aliphatic rings. The highest BCUT2D eigenvalue weighted by molar-refractivity contribution is 5.96. The molecule has 0 heterocycles. The average Bonchev–Trinajstić information content (AvgIpc) is 2.15. The number of ether oxygens (including phenoxy) is 2. The van der Waals surface area contributed by atoms with Crippen molar-refractivity contribution in [3.63, 3.8) is 0 Å². The van der Waals surface area contributed by atoms with Crippen LogP contribution >= 0.6 is 0 Å². The van der Waals surface area contributed by atoms with Crippen LogP contribution in [0.4, 0.5) is 0 Å². The third-order valence-electron chi connectivity index (χ3n) is 1.57. The van der Waals surface area contributed by atoms with E-state index in [0.717, 1.165) is 12.8 Å². The van der Waals surface area contributed by atoms with Crippen LogP contribution in [0.2, 0.25) is 0 Å². The minimum Gasteiger partial charge on any atom is -0.465 e. The maximum atomic E-state index is 11.0. The van der Waals surface area contributed by atoms with E-state index in [0.29, 0.717) is 13.2 Å². The Balaban J connectivity index is 3.45. The summed E-state index contributed by atoms with van der Waals surface area (Å²) < 4.78 is 9.68. The van der Waals surface area contributed by atoms with E-state index in [1.54, 1.807) is 6.92 Å². The first kappa shape index (κ1) is 13.1. The lowest BCUT2D eigenvalue weighted by atomic mass is 10.3. The van der Waals surface area contributed by atoms with Gasteiger partial charge < -0.3 is 9.47 Å². The number of esters is 1. The summed E-state index contributed by atoms with van der Waals surface area (Å²) in [5.74, 6) is -0.684. The second-order valence-corrected chi connectivity index (χ2v) is 2.93. The maximum absolute atomic E-state index is 11.0. The zero-order valence-corrected chi connectivity index (χ0v) is 8.88. The average molecular weight is 202 g/mol. The Bertz CT molecular complexity index is 177. The Kier molecular flexibility index (Phi) is 8.13. The fourth-order valence-corrected chi connectivity index (χ4v) is 0.809. The zero-order valence-electron chi connectivity index (χ0n) is 8.88. The molecular weight excluding hydrogens is 184 g/mol. The molecule has 0 amide bonds. The van der Waals surface area contributed by atoms with Crippen molar-refractivity contribution in [2.75, 3.05) is 19.8 Å². The van der Waals surface area contributed by atoms with Crippen molar-refractivity contribution in [1.29, 1.82) is 0 Å². The molecule has 0 aliphatic carbocycles. The van der Waals surface area contributed by atoms with E-state index in [-0.39, 0.29) is 18.8 Å². The largest absolute Gasteiger partial charge is 0.465 e. The molecule has 0 fully saturated rings.